The van der Waals surface area contributed by atoms with E-state index in [1.807, 2.05) is 0 Å². The number of halogens is 3. The first-order valence-corrected chi connectivity index (χ1v) is 10.4. The van der Waals surface area contributed by atoms with Crippen molar-refractivity contribution in [2.24, 2.45) is 0 Å². The molecule has 0 fully saturated rings. The number of rotatable bonds is 6. The highest BCUT2D eigenvalue weighted by molar-refractivity contribution is 6.42. The third-order valence-electron chi connectivity index (χ3n) is 4.65. The Bertz CT molecular complexity index is 1420. The van der Waals surface area contributed by atoms with Crippen molar-refractivity contribution in [2.45, 2.75) is 6.42 Å². The summed E-state index contributed by atoms with van der Waals surface area (Å²) in [6.45, 7) is 0. The SMILES string of the molecule is O=C(O)Cc1ccc2oc(-c3ccc(NC(=O)C=Cc4ccc(Cl)c(Cl)c4)c(F)c3)nc2c1. The van der Waals surface area contributed by atoms with Crippen molar-refractivity contribution in [3.63, 3.8) is 0 Å². The number of carboxylic acids is 1. The number of hydrogen-bond acceptors (Lipinski definition) is 4. The number of benzene rings is 3. The topological polar surface area (TPSA) is 92.4 Å². The lowest BCUT2D eigenvalue weighted by molar-refractivity contribution is -0.136. The molecular weight excluding hydrogens is 470 g/mol. The van der Waals surface area contributed by atoms with Crippen LogP contribution in [0.4, 0.5) is 10.1 Å². The smallest absolute Gasteiger partial charge is 0.307 e. The van der Waals surface area contributed by atoms with Crippen LogP contribution < -0.4 is 5.32 Å². The predicted molar refractivity (Wildman–Crippen MR) is 125 cm³/mol. The first kappa shape index (κ1) is 22.5. The molecule has 0 aliphatic carbocycles. The number of carboxylic acid groups (broad SMARTS) is 1. The van der Waals surface area contributed by atoms with Gasteiger partial charge in [-0.25, -0.2) is 9.37 Å². The number of aliphatic carboxylic acids is 1. The number of amides is 1. The summed E-state index contributed by atoms with van der Waals surface area (Å²) in [6.07, 6.45) is 2.64. The third kappa shape index (κ3) is 5.39. The molecule has 6 nitrogen and oxygen atoms in total. The molecular formula is C24H15Cl2FN2O4. The van der Waals surface area contributed by atoms with Gasteiger partial charge in [-0.1, -0.05) is 35.3 Å². The van der Waals surface area contributed by atoms with Crippen LogP contribution in [-0.4, -0.2) is 22.0 Å². The average Bonchev–Trinajstić information content (AvgIpc) is 3.19. The van der Waals surface area contributed by atoms with Crippen molar-refractivity contribution < 1.29 is 23.5 Å². The van der Waals surface area contributed by atoms with Gasteiger partial charge in [-0.05, 0) is 59.7 Å². The number of nitrogens with zero attached hydrogens (tertiary/aromatic N) is 1. The number of aromatic nitrogens is 1. The molecule has 1 amide bonds. The van der Waals surface area contributed by atoms with Gasteiger partial charge in [0.15, 0.2) is 5.58 Å². The average molecular weight is 485 g/mol. The highest BCUT2D eigenvalue weighted by Crippen LogP contribution is 2.28. The summed E-state index contributed by atoms with van der Waals surface area (Å²) in [5.74, 6) is -1.98. The Hall–Kier alpha value is -3.68. The Kier molecular flexibility index (Phi) is 6.44. The quantitative estimate of drug-likeness (QED) is 0.317. The molecule has 4 aromatic rings. The van der Waals surface area contributed by atoms with Crippen molar-refractivity contribution in [1.29, 1.82) is 0 Å². The zero-order valence-corrected chi connectivity index (χ0v) is 18.3. The van der Waals surface area contributed by atoms with Crippen LogP contribution >= 0.6 is 23.2 Å². The molecule has 33 heavy (non-hydrogen) atoms. The van der Waals surface area contributed by atoms with E-state index in [1.54, 1.807) is 42.5 Å². The Labute approximate surface area is 197 Å². The monoisotopic (exact) mass is 484 g/mol. The summed E-state index contributed by atoms with van der Waals surface area (Å²) in [5.41, 5.74) is 2.51. The van der Waals surface area contributed by atoms with Crippen molar-refractivity contribution in [2.75, 3.05) is 5.32 Å². The van der Waals surface area contributed by atoms with Crippen molar-refractivity contribution in [3.05, 3.63) is 87.7 Å². The molecule has 0 bridgehead atoms. The Morgan fingerprint density at radius 3 is 2.61 bits per heavy atom. The van der Waals surface area contributed by atoms with E-state index >= 15 is 0 Å². The summed E-state index contributed by atoms with van der Waals surface area (Å²) in [6, 6.07) is 13.9. The number of anilines is 1. The highest BCUT2D eigenvalue weighted by Gasteiger charge is 2.13. The number of oxazole rings is 1. The Morgan fingerprint density at radius 2 is 1.88 bits per heavy atom. The number of carbonyl (C=O) groups excluding carboxylic acids is 1. The summed E-state index contributed by atoms with van der Waals surface area (Å²) in [5, 5.41) is 12.2. The zero-order chi connectivity index (χ0) is 23.5. The minimum absolute atomic E-state index is 0.0117. The standard InChI is InChI=1S/C24H15Cl2FN2O4/c25-16-5-1-13(9-17(16)26)3-8-22(30)28-19-6-4-15(12-18(19)27)24-29-20-10-14(11-23(31)32)2-7-21(20)33-24/h1-10,12H,11H2,(H,28,30)(H,31,32). The lowest BCUT2D eigenvalue weighted by atomic mass is 10.1. The predicted octanol–water partition coefficient (Wildman–Crippen LogP) is 6.22. The van der Waals surface area contributed by atoms with E-state index in [1.165, 1.54) is 24.3 Å². The second-order valence-corrected chi connectivity index (χ2v) is 7.90. The van der Waals surface area contributed by atoms with E-state index in [0.29, 0.717) is 37.8 Å². The van der Waals surface area contributed by atoms with E-state index in [0.717, 1.165) is 0 Å². The first-order valence-electron chi connectivity index (χ1n) is 9.64. The normalized spacial score (nSPS) is 11.2. The summed E-state index contributed by atoms with van der Waals surface area (Å²) < 4.78 is 20.3. The number of nitrogens with one attached hydrogen (secondary N) is 1. The summed E-state index contributed by atoms with van der Waals surface area (Å²) in [7, 11) is 0. The maximum Gasteiger partial charge on any atom is 0.307 e. The fraction of sp³-hybridized carbons (Fsp3) is 0.0417. The van der Waals surface area contributed by atoms with Crippen molar-refractivity contribution in [1.82, 2.24) is 4.98 Å². The van der Waals surface area contributed by atoms with Gasteiger partial charge in [-0.15, -0.1) is 0 Å². The molecule has 4 rings (SSSR count). The van der Waals surface area contributed by atoms with E-state index in [-0.39, 0.29) is 18.0 Å². The van der Waals surface area contributed by atoms with Gasteiger partial charge in [0.1, 0.15) is 11.3 Å². The fourth-order valence-electron chi connectivity index (χ4n) is 3.09. The molecule has 0 atom stereocenters. The molecule has 1 aromatic heterocycles. The maximum absolute atomic E-state index is 14.6. The zero-order valence-electron chi connectivity index (χ0n) is 16.8. The van der Waals surface area contributed by atoms with Crippen LogP contribution in [0.15, 0.2) is 65.1 Å². The molecule has 0 saturated carbocycles. The van der Waals surface area contributed by atoms with Crippen LogP contribution in [0.3, 0.4) is 0 Å². The van der Waals surface area contributed by atoms with Crippen LogP contribution in [0.1, 0.15) is 11.1 Å². The van der Waals surface area contributed by atoms with Gasteiger partial charge < -0.3 is 14.8 Å². The minimum Gasteiger partial charge on any atom is -0.481 e. The molecule has 2 N–H and O–H groups in total. The van der Waals surface area contributed by atoms with Gasteiger partial charge in [0.25, 0.3) is 0 Å². The van der Waals surface area contributed by atoms with Crippen molar-refractivity contribution >= 4 is 57.9 Å². The fourth-order valence-corrected chi connectivity index (χ4v) is 3.40. The number of carbonyl (C=O) groups is 2. The summed E-state index contributed by atoms with van der Waals surface area (Å²) in [4.78, 5) is 27.4. The summed E-state index contributed by atoms with van der Waals surface area (Å²) >= 11 is 11.8. The van der Waals surface area contributed by atoms with Crippen molar-refractivity contribution in [3.8, 4) is 11.5 Å². The van der Waals surface area contributed by atoms with E-state index < -0.39 is 17.7 Å². The van der Waals surface area contributed by atoms with Crippen LogP contribution in [0.5, 0.6) is 0 Å². The van der Waals surface area contributed by atoms with Gasteiger partial charge in [0.05, 0.1) is 22.2 Å². The maximum atomic E-state index is 14.6. The first-order chi connectivity index (χ1) is 15.8. The molecule has 0 aliphatic rings. The van der Waals surface area contributed by atoms with Crippen LogP contribution in [0, 0.1) is 5.82 Å². The Morgan fingerprint density at radius 1 is 1.06 bits per heavy atom. The molecule has 3 aromatic carbocycles. The van der Waals surface area contributed by atoms with Gasteiger partial charge in [0.2, 0.25) is 11.8 Å². The third-order valence-corrected chi connectivity index (χ3v) is 5.39. The van der Waals surface area contributed by atoms with Gasteiger partial charge in [0, 0.05) is 11.6 Å². The molecule has 0 spiro atoms. The van der Waals surface area contributed by atoms with Gasteiger partial charge in [-0.3, -0.25) is 9.59 Å². The van der Waals surface area contributed by atoms with Gasteiger partial charge in [-0.2, -0.15) is 0 Å². The molecule has 166 valence electrons. The lowest BCUT2D eigenvalue weighted by Gasteiger charge is -2.05. The lowest BCUT2D eigenvalue weighted by Crippen LogP contribution is -2.09. The number of fused-ring (bicyclic) bond motifs is 1. The van der Waals surface area contributed by atoms with E-state index in [2.05, 4.69) is 10.3 Å². The second-order valence-electron chi connectivity index (χ2n) is 7.08. The van der Waals surface area contributed by atoms with E-state index in [4.69, 9.17) is 32.7 Å². The molecule has 0 unspecified atom stereocenters. The Balaban J connectivity index is 1.49. The van der Waals surface area contributed by atoms with Gasteiger partial charge >= 0.3 is 5.97 Å². The molecule has 0 radical (unpaired) electrons. The van der Waals surface area contributed by atoms with E-state index in [9.17, 15) is 14.0 Å². The second kappa shape index (κ2) is 9.44. The molecule has 0 aliphatic heterocycles. The van der Waals surface area contributed by atoms with Crippen LogP contribution in [0.25, 0.3) is 28.6 Å². The minimum atomic E-state index is -0.954. The molecule has 0 saturated heterocycles. The van der Waals surface area contributed by atoms with Crippen LogP contribution in [0.2, 0.25) is 10.0 Å². The molecule has 1 heterocycles. The van der Waals surface area contributed by atoms with Crippen LogP contribution in [-0.2, 0) is 16.0 Å². The molecule has 9 heteroatoms. The number of hydrogen-bond donors (Lipinski definition) is 2. The highest BCUT2D eigenvalue weighted by atomic mass is 35.5. The largest absolute Gasteiger partial charge is 0.481 e.